The summed E-state index contributed by atoms with van der Waals surface area (Å²) in [5.41, 5.74) is 5.12. The zero-order chi connectivity index (χ0) is 20.2. The molecule has 0 heterocycles. The molecule has 0 radical (unpaired) electrons. The van der Waals surface area contributed by atoms with E-state index < -0.39 is 0 Å². The van der Waals surface area contributed by atoms with Crippen LogP contribution in [-0.4, -0.2) is 55.8 Å². The fourth-order valence-electron chi connectivity index (χ4n) is 2.55. The molecule has 0 aromatic carbocycles. The van der Waals surface area contributed by atoms with E-state index in [0.29, 0.717) is 12.8 Å². The van der Waals surface area contributed by atoms with E-state index in [9.17, 15) is 9.59 Å². The molecule has 0 spiro atoms. The minimum atomic E-state index is -0.275. The molecule has 0 aliphatic heterocycles. The van der Waals surface area contributed by atoms with Crippen molar-refractivity contribution in [3.8, 4) is 0 Å². The van der Waals surface area contributed by atoms with Gasteiger partial charge in [0.1, 0.15) is 0 Å². The summed E-state index contributed by atoms with van der Waals surface area (Å²) in [7, 11) is 6.00. The lowest BCUT2D eigenvalue weighted by Gasteiger charge is -2.23. The summed E-state index contributed by atoms with van der Waals surface area (Å²) in [6.45, 7) is 6.18. The Morgan fingerprint density at radius 1 is 0.692 bits per heavy atom. The number of rotatable bonds is 15. The van der Waals surface area contributed by atoms with Gasteiger partial charge in [-0.2, -0.15) is 0 Å². The number of hydrogen-bond acceptors (Lipinski definition) is 3. The van der Waals surface area contributed by atoms with E-state index in [1.54, 1.807) is 0 Å². The second kappa shape index (κ2) is 20.2. The highest BCUT2D eigenvalue weighted by molar-refractivity contribution is 5.76. The molecule has 0 atom stereocenters. The Labute approximate surface area is 162 Å². The van der Waals surface area contributed by atoms with E-state index in [-0.39, 0.29) is 11.8 Å². The molecule has 0 aliphatic rings. The van der Waals surface area contributed by atoms with Gasteiger partial charge >= 0.3 is 0 Å². The van der Waals surface area contributed by atoms with E-state index in [4.69, 9.17) is 5.73 Å². The third-order valence-corrected chi connectivity index (χ3v) is 3.98. The van der Waals surface area contributed by atoms with Crippen LogP contribution in [0.15, 0.2) is 0 Å². The molecule has 0 aliphatic carbocycles. The first kappa shape index (κ1) is 27.1. The second-order valence-electron chi connectivity index (χ2n) is 7.52. The zero-order valence-corrected chi connectivity index (χ0v) is 18.2. The Hall–Kier alpha value is -1.10. The minimum absolute atomic E-state index is 0.248. The molecule has 0 saturated carbocycles. The number of carbonyl (C=O) groups is 2. The first-order valence-corrected chi connectivity index (χ1v) is 10.5. The third-order valence-electron chi connectivity index (χ3n) is 3.98. The van der Waals surface area contributed by atoms with Crippen molar-refractivity contribution in [2.75, 3.05) is 34.2 Å². The van der Waals surface area contributed by atoms with E-state index in [0.717, 1.165) is 38.8 Å². The van der Waals surface area contributed by atoms with E-state index >= 15 is 0 Å². The van der Waals surface area contributed by atoms with E-state index in [2.05, 4.69) is 13.8 Å². The SMILES string of the molecule is CCCCCCN(CCCCCC)C(=O)CCCCC(N)=O.CN(C)C. The molecule has 0 aromatic rings. The first-order chi connectivity index (χ1) is 12.3. The molecule has 0 aromatic heterocycles. The Morgan fingerprint density at radius 2 is 1.12 bits per heavy atom. The Bertz CT molecular complexity index is 318. The van der Waals surface area contributed by atoms with Crippen molar-refractivity contribution in [2.45, 2.75) is 90.9 Å². The summed E-state index contributed by atoms with van der Waals surface area (Å²) in [5, 5.41) is 0. The molecule has 0 saturated heterocycles. The summed E-state index contributed by atoms with van der Waals surface area (Å²) in [4.78, 5) is 27.1. The molecule has 0 rings (SSSR count). The smallest absolute Gasteiger partial charge is 0.222 e. The van der Waals surface area contributed by atoms with Gasteiger partial charge in [-0.15, -0.1) is 0 Å². The molecular weight excluding hydrogens is 326 g/mol. The van der Waals surface area contributed by atoms with Crippen LogP contribution >= 0.6 is 0 Å². The number of nitrogens with two attached hydrogens (primary N) is 1. The number of hydrogen-bond donors (Lipinski definition) is 1. The third kappa shape index (κ3) is 22.9. The van der Waals surface area contributed by atoms with E-state index in [1.807, 2.05) is 30.9 Å². The maximum atomic E-state index is 12.3. The number of nitrogens with zero attached hydrogens (tertiary/aromatic N) is 2. The molecular formula is C21H45N3O2. The van der Waals surface area contributed by atoms with Gasteiger partial charge in [0.05, 0.1) is 0 Å². The van der Waals surface area contributed by atoms with Gasteiger partial charge in [0, 0.05) is 25.9 Å². The molecule has 2 N–H and O–H groups in total. The van der Waals surface area contributed by atoms with Crippen LogP contribution in [0.4, 0.5) is 0 Å². The van der Waals surface area contributed by atoms with Crippen LogP contribution in [-0.2, 0) is 9.59 Å². The summed E-state index contributed by atoms with van der Waals surface area (Å²) >= 11 is 0. The average molecular weight is 372 g/mol. The zero-order valence-electron chi connectivity index (χ0n) is 18.2. The van der Waals surface area contributed by atoms with Gasteiger partial charge in [-0.25, -0.2) is 0 Å². The monoisotopic (exact) mass is 371 g/mol. The van der Waals surface area contributed by atoms with Crippen LogP contribution in [0, 0.1) is 0 Å². The van der Waals surface area contributed by atoms with Crippen LogP contribution in [0.5, 0.6) is 0 Å². The Balaban J connectivity index is 0. The molecule has 0 fully saturated rings. The van der Waals surface area contributed by atoms with Gasteiger partial charge < -0.3 is 15.5 Å². The Morgan fingerprint density at radius 3 is 1.50 bits per heavy atom. The fourth-order valence-corrected chi connectivity index (χ4v) is 2.55. The fraction of sp³-hybridized carbons (Fsp3) is 0.905. The lowest BCUT2D eigenvalue weighted by Crippen LogP contribution is -2.32. The van der Waals surface area contributed by atoms with Crippen LogP contribution in [0.25, 0.3) is 0 Å². The molecule has 156 valence electrons. The van der Waals surface area contributed by atoms with Crippen molar-refractivity contribution in [3.63, 3.8) is 0 Å². The van der Waals surface area contributed by atoms with Crippen molar-refractivity contribution in [2.24, 2.45) is 5.73 Å². The van der Waals surface area contributed by atoms with Crippen molar-refractivity contribution >= 4 is 11.8 Å². The maximum absolute atomic E-state index is 12.3. The molecule has 2 amide bonds. The van der Waals surface area contributed by atoms with E-state index in [1.165, 1.54) is 38.5 Å². The van der Waals surface area contributed by atoms with Crippen molar-refractivity contribution in [1.82, 2.24) is 9.80 Å². The summed E-state index contributed by atoms with van der Waals surface area (Å²) in [6.07, 6.45) is 12.0. The summed E-state index contributed by atoms with van der Waals surface area (Å²) in [5.74, 6) is -0.0269. The lowest BCUT2D eigenvalue weighted by atomic mass is 10.1. The van der Waals surface area contributed by atoms with Gasteiger partial charge in [-0.05, 0) is 46.8 Å². The van der Waals surface area contributed by atoms with Gasteiger partial charge in [-0.1, -0.05) is 52.4 Å². The van der Waals surface area contributed by atoms with Crippen LogP contribution in [0.1, 0.15) is 90.9 Å². The van der Waals surface area contributed by atoms with Gasteiger partial charge in [-0.3, -0.25) is 9.59 Å². The van der Waals surface area contributed by atoms with Crippen LogP contribution in [0.2, 0.25) is 0 Å². The number of unbranched alkanes of at least 4 members (excludes halogenated alkanes) is 7. The molecule has 5 nitrogen and oxygen atoms in total. The van der Waals surface area contributed by atoms with Gasteiger partial charge in [0.15, 0.2) is 0 Å². The van der Waals surface area contributed by atoms with Crippen molar-refractivity contribution in [3.05, 3.63) is 0 Å². The van der Waals surface area contributed by atoms with Crippen LogP contribution in [0.3, 0.4) is 0 Å². The number of carbonyl (C=O) groups excluding carboxylic acids is 2. The maximum Gasteiger partial charge on any atom is 0.222 e. The van der Waals surface area contributed by atoms with Crippen LogP contribution < -0.4 is 5.73 Å². The second-order valence-corrected chi connectivity index (χ2v) is 7.52. The Kier molecular flexibility index (Phi) is 21.1. The van der Waals surface area contributed by atoms with Gasteiger partial charge in [0.2, 0.25) is 11.8 Å². The van der Waals surface area contributed by atoms with Gasteiger partial charge in [0.25, 0.3) is 0 Å². The molecule has 26 heavy (non-hydrogen) atoms. The minimum Gasteiger partial charge on any atom is -0.370 e. The summed E-state index contributed by atoms with van der Waals surface area (Å²) in [6, 6.07) is 0. The molecule has 5 heteroatoms. The first-order valence-electron chi connectivity index (χ1n) is 10.5. The summed E-state index contributed by atoms with van der Waals surface area (Å²) < 4.78 is 0. The lowest BCUT2D eigenvalue weighted by molar-refractivity contribution is -0.131. The highest BCUT2D eigenvalue weighted by Gasteiger charge is 2.12. The number of amides is 2. The quantitative estimate of drug-likeness (QED) is 0.439. The molecule has 0 bridgehead atoms. The highest BCUT2D eigenvalue weighted by atomic mass is 16.2. The predicted molar refractivity (Wildman–Crippen MR) is 112 cm³/mol. The topological polar surface area (TPSA) is 66.6 Å². The number of primary amides is 1. The highest BCUT2D eigenvalue weighted by Crippen LogP contribution is 2.09. The van der Waals surface area contributed by atoms with Crippen molar-refractivity contribution < 1.29 is 9.59 Å². The predicted octanol–water partition coefficient (Wildman–Crippen LogP) is 4.20. The van der Waals surface area contributed by atoms with Crippen molar-refractivity contribution in [1.29, 1.82) is 0 Å². The normalized spacial score (nSPS) is 10.4. The average Bonchev–Trinajstić information content (AvgIpc) is 2.56. The standard InChI is InChI=1S/C18H36N2O2.C3H9N/c1-3-5-7-11-15-20(16-12-8-6-4-2)18(22)14-10-9-13-17(19)21;1-4(2)3/h3-16H2,1-2H3,(H2,19,21);1-3H3. The molecule has 0 unspecified atom stereocenters. The largest absolute Gasteiger partial charge is 0.370 e.